The van der Waals surface area contributed by atoms with Gasteiger partial charge in [-0.2, -0.15) is 0 Å². The van der Waals surface area contributed by atoms with Crippen LogP contribution in [0.25, 0.3) is 23.2 Å². The third kappa shape index (κ3) is 3.03. The van der Waals surface area contributed by atoms with Gasteiger partial charge in [0.2, 0.25) is 0 Å². The summed E-state index contributed by atoms with van der Waals surface area (Å²) in [6.45, 7) is 2.10. The maximum Gasteiger partial charge on any atom is 0.341 e. The number of hydrogen-bond acceptors (Lipinski definition) is 5. The molecule has 0 N–H and O–H groups in total. The van der Waals surface area contributed by atoms with Crippen LogP contribution in [0.1, 0.15) is 28.7 Å². The first-order valence-corrected chi connectivity index (χ1v) is 6.92. The quantitative estimate of drug-likeness (QED) is 0.688. The molecule has 5 nitrogen and oxygen atoms in total. The molecule has 0 aliphatic carbocycles. The fraction of sp³-hybridized carbons (Fsp3) is 0.118. The molecule has 0 aliphatic rings. The number of carbonyl (C=O) groups is 1. The second kappa shape index (κ2) is 6.22. The van der Waals surface area contributed by atoms with Gasteiger partial charge < -0.3 is 9.15 Å². The Bertz CT molecular complexity index is 837. The molecule has 0 aliphatic heterocycles. The summed E-state index contributed by atoms with van der Waals surface area (Å²) >= 11 is 0. The van der Waals surface area contributed by atoms with Crippen LogP contribution in [0, 0.1) is 0 Å². The molecule has 110 valence electrons. The minimum Gasteiger partial charge on any atom is -0.464 e. The van der Waals surface area contributed by atoms with E-state index in [1.807, 2.05) is 30.3 Å². The number of fused-ring (bicyclic) bond motifs is 1. The van der Waals surface area contributed by atoms with Crippen molar-refractivity contribution in [1.29, 1.82) is 0 Å². The highest BCUT2D eigenvalue weighted by molar-refractivity contribution is 5.89. The molecule has 0 fully saturated rings. The van der Waals surface area contributed by atoms with E-state index in [4.69, 9.17) is 9.15 Å². The van der Waals surface area contributed by atoms with Crippen LogP contribution in [-0.2, 0) is 4.74 Å². The second-order valence-corrected chi connectivity index (χ2v) is 4.58. The molecule has 22 heavy (non-hydrogen) atoms. The van der Waals surface area contributed by atoms with Gasteiger partial charge in [-0.1, -0.05) is 0 Å². The zero-order chi connectivity index (χ0) is 15.4. The van der Waals surface area contributed by atoms with Gasteiger partial charge in [0, 0.05) is 11.6 Å². The second-order valence-electron chi connectivity index (χ2n) is 4.58. The number of nitrogens with zero attached hydrogens (tertiary/aromatic N) is 2. The van der Waals surface area contributed by atoms with Crippen LogP contribution in [0.5, 0.6) is 0 Å². The Morgan fingerprint density at radius 2 is 2.23 bits per heavy atom. The molecule has 0 unspecified atom stereocenters. The van der Waals surface area contributed by atoms with Crippen LogP contribution in [-0.4, -0.2) is 22.5 Å². The van der Waals surface area contributed by atoms with E-state index in [2.05, 4.69) is 9.97 Å². The van der Waals surface area contributed by atoms with Crippen LogP contribution in [0.4, 0.5) is 0 Å². The smallest absolute Gasteiger partial charge is 0.341 e. The summed E-state index contributed by atoms with van der Waals surface area (Å²) in [5.74, 6) is 0.171. The fourth-order valence-corrected chi connectivity index (χ4v) is 1.99. The number of rotatable bonds is 4. The first-order valence-electron chi connectivity index (χ1n) is 6.92. The maximum atomic E-state index is 11.6. The summed E-state index contributed by atoms with van der Waals surface area (Å²) in [5.41, 5.74) is 1.85. The van der Waals surface area contributed by atoms with Gasteiger partial charge >= 0.3 is 5.97 Å². The lowest BCUT2D eigenvalue weighted by Crippen LogP contribution is -2.02. The molecule has 5 heteroatoms. The van der Waals surface area contributed by atoms with E-state index in [1.54, 1.807) is 25.3 Å². The lowest BCUT2D eigenvalue weighted by Gasteiger charge is -1.97. The van der Waals surface area contributed by atoms with Crippen molar-refractivity contribution in [2.24, 2.45) is 0 Å². The van der Waals surface area contributed by atoms with Crippen molar-refractivity contribution in [3.63, 3.8) is 0 Å². The van der Waals surface area contributed by atoms with E-state index < -0.39 is 0 Å². The first kappa shape index (κ1) is 14.0. The van der Waals surface area contributed by atoms with Gasteiger partial charge in [-0.05, 0) is 49.4 Å². The molecule has 0 bridgehead atoms. The highest BCUT2D eigenvalue weighted by atomic mass is 16.5. The highest BCUT2D eigenvalue weighted by Gasteiger charge is 2.09. The third-order valence-electron chi connectivity index (χ3n) is 3.03. The number of carbonyl (C=O) groups excluding carboxylic acids is 1. The molecule has 0 atom stereocenters. The van der Waals surface area contributed by atoms with Gasteiger partial charge in [-0.25, -0.2) is 14.8 Å². The van der Waals surface area contributed by atoms with E-state index in [1.165, 1.54) is 6.26 Å². The molecule has 3 aromatic heterocycles. The van der Waals surface area contributed by atoms with E-state index in [9.17, 15) is 4.79 Å². The van der Waals surface area contributed by atoms with E-state index in [0.717, 1.165) is 11.1 Å². The van der Waals surface area contributed by atoms with Crippen LogP contribution in [0.2, 0.25) is 0 Å². The Morgan fingerprint density at radius 1 is 1.32 bits per heavy atom. The van der Waals surface area contributed by atoms with Crippen LogP contribution in [0.3, 0.4) is 0 Å². The summed E-state index contributed by atoms with van der Waals surface area (Å²) in [6.07, 6.45) is 6.65. The standard InChI is InChI=1S/C17H14N2O3/c1-2-21-17(20)13-10-15(22-11-13)8-7-14-6-5-12-4-3-9-18-16(12)19-14/h3-11H,2H2,1H3/b8-7+. The molecule has 0 amide bonds. The van der Waals surface area contributed by atoms with Crippen molar-refractivity contribution in [1.82, 2.24) is 9.97 Å². The van der Waals surface area contributed by atoms with E-state index >= 15 is 0 Å². The van der Waals surface area contributed by atoms with Gasteiger partial charge in [-0.15, -0.1) is 0 Å². The van der Waals surface area contributed by atoms with Crippen molar-refractivity contribution in [3.8, 4) is 0 Å². The van der Waals surface area contributed by atoms with Crippen molar-refractivity contribution in [2.45, 2.75) is 6.92 Å². The summed E-state index contributed by atoms with van der Waals surface area (Å²) in [5, 5.41) is 0.988. The predicted octanol–water partition coefficient (Wildman–Crippen LogP) is 3.57. The van der Waals surface area contributed by atoms with E-state index in [-0.39, 0.29) is 5.97 Å². The Morgan fingerprint density at radius 3 is 3.09 bits per heavy atom. The normalized spacial score (nSPS) is 11.1. The fourth-order valence-electron chi connectivity index (χ4n) is 1.99. The molecule has 0 radical (unpaired) electrons. The number of hydrogen-bond donors (Lipinski definition) is 0. The van der Waals surface area contributed by atoms with Gasteiger partial charge in [0.1, 0.15) is 12.0 Å². The monoisotopic (exact) mass is 294 g/mol. The number of furan rings is 1. The number of esters is 1. The van der Waals surface area contributed by atoms with Crippen LogP contribution >= 0.6 is 0 Å². The largest absolute Gasteiger partial charge is 0.464 e. The lowest BCUT2D eigenvalue weighted by molar-refractivity contribution is 0.0525. The molecule has 0 spiro atoms. The summed E-state index contributed by atoms with van der Waals surface area (Å²) in [6, 6.07) is 9.32. The van der Waals surface area contributed by atoms with Crippen molar-refractivity contribution >= 4 is 29.2 Å². The topological polar surface area (TPSA) is 65.2 Å². The average molecular weight is 294 g/mol. The van der Waals surface area contributed by atoms with Gasteiger partial charge in [0.15, 0.2) is 5.65 Å². The Hall–Kier alpha value is -2.95. The molecule has 0 saturated carbocycles. The lowest BCUT2D eigenvalue weighted by atomic mass is 10.2. The summed E-state index contributed by atoms with van der Waals surface area (Å²) in [7, 11) is 0. The Kier molecular flexibility index (Phi) is 3.96. The predicted molar refractivity (Wildman–Crippen MR) is 83.1 cm³/mol. The third-order valence-corrected chi connectivity index (χ3v) is 3.03. The minimum absolute atomic E-state index is 0.337. The molecule has 3 rings (SSSR count). The van der Waals surface area contributed by atoms with Gasteiger partial charge in [-0.3, -0.25) is 0 Å². The average Bonchev–Trinajstić information content (AvgIpc) is 3.02. The Balaban J connectivity index is 1.79. The molecule has 0 saturated heterocycles. The van der Waals surface area contributed by atoms with Crippen molar-refractivity contribution < 1.29 is 13.9 Å². The van der Waals surface area contributed by atoms with Crippen molar-refractivity contribution in [3.05, 3.63) is 59.8 Å². The van der Waals surface area contributed by atoms with Gasteiger partial charge in [0.05, 0.1) is 17.9 Å². The van der Waals surface area contributed by atoms with E-state index in [0.29, 0.717) is 23.6 Å². The number of pyridine rings is 2. The molecular formula is C17H14N2O3. The summed E-state index contributed by atoms with van der Waals surface area (Å²) in [4.78, 5) is 20.2. The maximum absolute atomic E-state index is 11.6. The minimum atomic E-state index is -0.390. The molecule has 3 heterocycles. The van der Waals surface area contributed by atoms with Gasteiger partial charge in [0.25, 0.3) is 0 Å². The molecule has 3 aromatic rings. The summed E-state index contributed by atoms with van der Waals surface area (Å²) < 4.78 is 10.2. The highest BCUT2D eigenvalue weighted by Crippen LogP contribution is 2.14. The SMILES string of the molecule is CCOC(=O)c1coc(/C=C/c2ccc3cccnc3n2)c1. The van der Waals surface area contributed by atoms with Crippen molar-refractivity contribution in [2.75, 3.05) is 6.61 Å². The van der Waals surface area contributed by atoms with Crippen LogP contribution < -0.4 is 0 Å². The first-order chi connectivity index (χ1) is 10.8. The zero-order valence-corrected chi connectivity index (χ0v) is 12.0. The van der Waals surface area contributed by atoms with Crippen LogP contribution in [0.15, 0.2) is 47.2 Å². The number of ether oxygens (including phenoxy) is 1. The zero-order valence-electron chi connectivity index (χ0n) is 12.0. The molecule has 0 aromatic carbocycles. The number of aromatic nitrogens is 2. The molecular weight excluding hydrogens is 280 g/mol. The Labute approximate surface area is 127 Å².